The van der Waals surface area contributed by atoms with Crippen molar-refractivity contribution >= 4 is 10.0 Å². The van der Waals surface area contributed by atoms with Crippen molar-refractivity contribution in [1.29, 1.82) is 0 Å². The van der Waals surface area contributed by atoms with Crippen molar-refractivity contribution < 1.29 is 13.5 Å². The minimum absolute atomic E-state index is 0.0718. The van der Waals surface area contributed by atoms with Crippen molar-refractivity contribution in [2.24, 2.45) is 0 Å². The molecular formula is C10H20N4O3S. The van der Waals surface area contributed by atoms with E-state index < -0.39 is 10.0 Å². The summed E-state index contributed by atoms with van der Waals surface area (Å²) in [5.41, 5.74) is 0. The summed E-state index contributed by atoms with van der Waals surface area (Å²) >= 11 is 0. The van der Waals surface area contributed by atoms with E-state index in [0.29, 0.717) is 13.1 Å². The van der Waals surface area contributed by atoms with Crippen LogP contribution in [0.2, 0.25) is 0 Å². The van der Waals surface area contributed by atoms with Crippen LogP contribution in [0.4, 0.5) is 0 Å². The third-order valence-electron chi connectivity index (χ3n) is 2.51. The standard InChI is InChI=1S/C10H20N4O3S/c1-12(2)4-5-13(3)18(16,17)10-8-11-14(9-10)6-7-15/h8-9,15H,4-7H2,1-3H3. The predicted octanol–water partition coefficient (Wildman–Crippen LogP) is -0.942. The van der Waals surface area contributed by atoms with E-state index in [4.69, 9.17) is 5.11 Å². The summed E-state index contributed by atoms with van der Waals surface area (Å²) in [6.07, 6.45) is 2.73. The Kier molecular flexibility index (Phi) is 5.27. The topological polar surface area (TPSA) is 78.7 Å². The predicted molar refractivity (Wildman–Crippen MR) is 67.7 cm³/mol. The molecule has 0 aliphatic rings. The molecule has 1 rings (SSSR count). The number of likely N-dealkylation sites (N-methyl/N-ethyl adjacent to an activating group) is 2. The molecule has 0 amide bonds. The van der Waals surface area contributed by atoms with Crippen LogP contribution in [-0.4, -0.2) is 73.3 Å². The zero-order valence-electron chi connectivity index (χ0n) is 10.9. The Bertz CT molecular complexity index is 469. The average Bonchev–Trinajstić information content (AvgIpc) is 2.75. The number of hydrogen-bond donors (Lipinski definition) is 1. The zero-order chi connectivity index (χ0) is 13.8. The van der Waals surface area contributed by atoms with Gasteiger partial charge in [-0.1, -0.05) is 0 Å². The average molecular weight is 276 g/mol. The lowest BCUT2D eigenvalue weighted by molar-refractivity contribution is 0.269. The Balaban J connectivity index is 2.77. The largest absolute Gasteiger partial charge is 0.394 e. The van der Waals surface area contributed by atoms with Crippen LogP contribution in [0.3, 0.4) is 0 Å². The Morgan fingerprint density at radius 1 is 1.33 bits per heavy atom. The quantitative estimate of drug-likeness (QED) is 0.695. The van der Waals surface area contributed by atoms with E-state index in [-0.39, 0.29) is 18.0 Å². The SMILES string of the molecule is CN(C)CCN(C)S(=O)(=O)c1cnn(CCO)c1. The Morgan fingerprint density at radius 3 is 2.56 bits per heavy atom. The fourth-order valence-corrected chi connectivity index (χ4v) is 2.46. The van der Waals surface area contributed by atoms with Gasteiger partial charge in [0.2, 0.25) is 10.0 Å². The Labute approximate surface area is 108 Å². The first-order chi connectivity index (χ1) is 8.37. The molecule has 8 heteroatoms. The number of aromatic nitrogens is 2. The highest BCUT2D eigenvalue weighted by molar-refractivity contribution is 7.89. The van der Waals surface area contributed by atoms with Crippen LogP contribution >= 0.6 is 0 Å². The molecule has 0 unspecified atom stereocenters. The molecule has 0 aliphatic carbocycles. The molecule has 0 aliphatic heterocycles. The number of hydrogen-bond acceptors (Lipinski definition) is 5. The van der Waals surface area contributed by atoms with Crippen LogP contribution in [-0.2, 0) is 16.6 Å². The molecule has 0 saturated heterocycles. The van der Waals surface area contributed by atoms with E-state index >= 15 is 0 Å². The molecule has 0 spiro atoms. The molecule has 1 aromatic rings. The van der Waals surface area contributed by atoms with Gasteiger partial charge in [-0.05, 0) is 14.1 Å². The van der Waals surface area contributed by atoms with Gasteiger partial charge in [0.1, 0.15) is 4.90 Å². The van der Waals surface area contributed by atoms with Crippen LogP contribution in [0.1, 0.15) is 0 Å². The second kappa shape index (κ2) is 6.28. The number of nitrogens with zero attached hydrogens (tertiary/aromatic N) is 4. The second-order valence-electron chi connectivity index (χ2n) is 4.29. The van der Waals surface area contributed by atoms with E-state index in [9.17, 15) is 8.42 Å². The Hall–Kier alpha value is -0.960. The smallest absolute Gasteiger partial charge is 0.245 e. The first kappa shape index (κ1) is 15.1. The van der Waals surface area contributed by atoms with Crippen molar-refractivity contribution in [3.05, 3.63) is 12.4 Å². The van der Waals surface area contributed by atoms with Gasteiger partial charge in [0.15, 0.2) is 0 Å². The monoisotopic (exact) mass is 276 g/mol. The lowest BCUT2D eigenvalue weighted by Crippen LogP contribution is -2.33. The molecule has 1 heterocycles. The summed E-state index contributed by atoms with van der Waals surface area (Å²) in [6.45, 7) is 1.29. The highest BCUT2D eigenvalue weighted by Gasteiger charge is 2.22. The minimum Gasteiger partial charge on any atom is -0.394 e. The van der Waals surface area contributed by atoms with Gasteiger partial charge >= 0.3 is 0 Å². The second-order valence-corrected chi connectivity index (χ2v) is 6.34. The maximum absolute atomic E-state index is 12.2. The highest BCUT2D eigenvalue weighted by Crippen LogP contribution is 2.12. The maximum Gasteiger partial charge on any atom is 0.245 e. The lowest BCUT2D eigenvalue weighted by Gasteiger charge is -2.18. The molecule has 1 aromatic heterocycles. The molecule has 0 aromatic carbocycles. The van der Waals surface area contributed by atoms with Crippen molar-refractivity contribution in [3.63, 3.8) is 0 Å². The molecular weight excluding hydrogens is 256 g/mol. The van der Waals surface area contributed by atoms with Crippen LogP contribution in [0.15, 0.2) is 17.3 Å². The number of aliphatic hydroxyl groups excluding tert-OH is 1. The molecule has 7 nitrogen and oxygen atoms in total. The van der Waals surface area contributed by atoms with Crippen molar-refractivity contribution in [3.8, 4) is 0 Å². The normalized spacial score (nSPS) is 12.6. The van der Waals surface area contributed by atoms with Crippen molar-refractivity contribution in [2.45, 2.75) is 11.4 Å². The Morgan fingerprint density at radius 2 is 2.00 bits per heavy atom. The van der Waals surface area contributed by atoms with E-state index in [2.05, 4.69) is 5.10 Å². The molecule has 0 saturated carbocycles. The van der Waals surface area contributed by atoms with Crippen LogP contribution in [0.25, 0.3) is 0 Å². The van der Waals surface area contributed by atoms with Gasteiger partial charge in [-0.2, -0.15) is 9.40 Å². The fourth-order valence-electron chi connectivity index (χ4n) is 1.34. The molecule has 0 bridgehead atoms. The van der Waals surface area contributed by atoms with Gasteiger partial charge in [-0.3, -0.25) is 4.68 Å². The first-order valence-electron chi connectivity index (χ1n) is 5.62. The molecule has 104 valence electrons. The van der Waals surface area contributed by atoms with E-state index in [1.54, 1.807) is 7.05 Å². The van der Waals surface area contributed by atoms with E-state index in [1.807, 2.05) is 19.0 Å². The number of sulfonamides is 1. The summed E-state index contributed by atoms with van der Waals surface area (Å²) in [6, 6.07) is 0. The maximum atomic E-state index is 12.2. The third-order valence-corrected chi connectivity index (χ3v) is 4.32. The molecule has 0 radical (unpaired) electrons. The van der Waals surface area contributed by atoms with Gasteiger partial charge in [0, 0.05) is 26.3 Å². The number of aliphatic hydroxyl groups is 1. The highest BCUT2D eigenvalue weighted by atomic mass is 32.2. The van der Waals surface area contributed by atoms with Gasteiger partial charge in [0.25, 0.3) is 0 Å². The molecule has 0 atom stereocenters. The summed E-state index contributed by atoms with van der Waals surface area (Å²) in [7, 11) is 1.83. The van der Waals surface area contributed by atoms with Crippen LogP contribution < -0.4 is 0 Å². The van der Waals surface area contributed by atoms with Gasteiger partial charge in [-0.15, -0.1) is 0 Å². The van der Waals surface area contributed by atoms with Gasteiger partial charge in [-0.25, -0.2) is 8.42 Å². The summed E-state index contributed by atoms with van der Waals surface area (Å²) in [5.74, 6) is 0. The van der Waals surface area contributed by atoms with Crippen LogP contribution in [0, 0.1) is 0 Å². The molecule has 0 fully saturated rings. The van der Waals surface area contributed by atoms with E-state index in [1.165, 1.54) is 21.4 Å². The van der Waals surface area contributed by atoms with Gasteiger partial charge < -0.3 is 10.0 Å². The summed E-state index contributed by atoms with van der Waals surface area (Å²) < 4.78 is 27.0. The summed E-state index contributed by atoms with van der Waals surface area (Å²) in [5, 5.41) is 12.7. The fraction of sp³-hybridized carbons (Fsp3) is 0.700. The molecule has 18 heavy (non-hydrogen) atoms. The molecule has 1 N–H and O–H groups in total. The van der Waals surface area contributed by atoms with Crippen LogP contribution in [0.5, 0.6) is 0 Å². The third kappa shape index (κ3) is 3.77. The first-order valence-corrected chi connectivity index (χ1v) is 7.06. The number of rotatable bonds is 7. The lowest BCUT2D eigenvalue weighted by atomic mass is 10.6. The minimum atomic E-state index is -3.49. The zero-order valence-corrected chi connectivity index (χ0v) is 11.8. The summed E-state index contributed by atoms with van der Waals surface area (Å²) in [4.78, 5) is 2.07. The van der Waals surface area contributed by atoms with Gasteiger partial charge in [0.05, 0.1) is 19.3 Å². The van der Waals surface area contributed by atoms with E-state index in [0.717, 1.165) is 0 Å². The van der Waals surface area contributed by atoms with Crippen molar-refractivity contribution in [2.75, 3.05) is 40.8 Å². The van der Waals surface area contributed by atoms with Crippen molar-refractivity contribution in [1.82, 2.24) is 19.0 Å².